The van der Waals surface area contributed by atoms with Crippen molar-refractivity contribution in [3.05, 3.63) is 0 Å². The van der Waals surface area contributed by atoms with Gasteiger partial charge in [0.1, 0.15) is 0 Å². The van der Waals surface area contributed by atoms with Crippen LogP contribution in [0.4, 0.5) is 0 Å². The highest BCUT2D eigenvalue weighted by molar-refractivity contribution is 5.13. The van der Waals surface area contributed by atoms with Crippen molar-refractivity contribution in [1.82, 2.24) is 4.90 Å². The molecule has 3 nitrogen and oxygen atoms in total. The Balaban J connectivity index is 2.15. The molecule has 2 aliphatic rings. The van der Waals surface area contributed by atoms with Crippen molar-refractivity contribution in [1.29, 1.82) is 5.26 Å². The van der Waals surface area contributed by atoms with Gasteiger partial charge in [0.05, 0.1) is 17.1 Å². The Labute approximate surface area is 111 Å². The molecule has 0 spiro atoms. The molecule has 3 heteroatoms. The minimum atomic E-state index is -0.744. The van der Waals surface area contributed by atoms with Crippen LogP contribution < -0.4 is 0 Å². The van der Waals surface area contributed by atoms with E-state index in [0.717, 1.165) is 64.6 Å². The van der Waals surface area contributed by atoms with E-state index in [4.69, 9.17) is 0 Å². The van der Waals surface area contributed by atoms with Gasteiger partial charge in [-0.3, -0.25) is 0 Å². The third kappa shape index (κ3) is 2.41. The lowest BCUT2D eigenvalue weighted by molar-refractivity contribution is -0.0824. The van der Waals surface area contributed by atoms with Gasteiger partial charge in [-0.1, -0.05) is 26.2 Å². The quantitative estimate of drug-likeness (QED) is 0.819. The summed E-state index contributed by atoms with van der Waals surface area (Å²) in [5.41, 5.74) is -1.21. The lowest BCUT2D eigenvalue weighted by Crippen LogP contribution is -2.49. The molecule has 0 radical (unpaired) electrons. The van der Waals surface area contributed by atoms with E-state index in [1.807, 2.05) is 0 Å². The maximum absolute atomic E-state index is 11.1. The predicted octanol–water partition coefficient (Wildman–Crippen LogP) is 2.70. The zero-order chi connectivity index (χ0) is 13.1. The molecule has 1 saturated carbocycles. The lowest BCUT2D eigenvalue weighted by Gasteiger charge is -2.44. The molecule has 2 rings (SSSR count). The molecular formula is C15H26N2O. The number of nitriles is 1. The van der Waals surface area contributed by atoms with E-state index in [-0.39, 0.29) is 0 Å². The van der Waals surface area contributed by atoms with Crippen LogP contribution in [0.5, 0.6) is 0 Å². The Kier molecular flexibility index (Phi) is 4.29. The first kappa shape index (κ1) is 13.8. The van der Waals surface area contributed by atoms with Gasteiger partial charge in [-0.15, -0.1) is 0 Å². The first-order valence-corrected chi connectivity index (χ1v) is 7.52. The molecule has 2 fully saturated rings. The second-order valence-electron chi connectivity index (χ2n) is 6.07. The van der Waals surface area contributed by atoms with Crippen molar-refractivity contribution in [3.8, 4) is 6.07 Å². The fraction of sp³-hybridized carbons (Fsp3) is 0.933. The van der Waals surface area contributed by atoms with E-state index in [1.165, 1.54) is 6.42 Å². The Morgan fingerprint density at radius 1 is 1.06 bits per heavy atom. The zero-order valence-corrected chi connectivity index (χ0v) is 11.6. The van der Waals surface area contributed by atoms with E-state index in [1.54, 1.807) is 0 Å². The topological polar surface area (TPSA) is 47.3 Å². The van der Waals surface area contributed by atoms with Crippen LogP contribution >= 0.6 is 0 Å². The van der Waals surface area contributed by atoms with Crippen LogP contribution in [-0.2, 0) is 0 Å². The molecule has 1 heterocycles. The normalized spacial score (nSPS) is 33.6. The predicted molar refractivity (Wildman–Crippen MR) is 72.0 cm³/mol. The highest BCUT2D eigenvalue weighted by Crippen LogP contribution is 2.48. The number of aliphatic hydroxyl groups is 1. The minimum Gasteiger partial charge on any atom is -0.388 e. The third-order valence-electron chi connectivity index (χ3n) is 5.17. The minimum absolute atomic E-state index is 0.463. The largest absolute Gasteiger partial charge is 0.388 e. The fourth-order valence-electron chi connectivity index (χ4n) is 3.81. The van der Waals surface area contributed by atoms with Gasteiger partial charge in [-0.25, -0.2) is 0 Å². The summed E-state index contributed by atoms with van der Waals surface area (Å²) in [7, 11) is 0. The van der Waals surface area contributed by atoms with Crippen LogP contribution in [0, 0.1) is 16.7 Å². The first-order valence-electron chi connectivity index (χ1n) is 7.52. The number of nitrogens with zero attached hydrogens (tertiary/aromatic N) is 2. The molecule has 1 aliphatic heterocycles. The summed E-state index contributed by atoms with van der Waals surface area (Å²) < 4.78 is 0. The number of hydrogen-bond acceptors (Lipinski definition) is 3. The van der Waals surface area contributed by atoms with E-state index in [9.17, 15) is 10.4 Å². The summed E-state index contributed by atoms with van der Waals surface area (Å²) >= 11 is 0. The number of hydrogen-bond donors (Lipinski definition) is 1. The average molecular weight is 250 g/mol. The lowest BCUT2D eigenvalue weighted by atomic mass is 9.61. The summed E-state index contributed by atoms with van der Waals surface area (Å²) in [5, 5.41) is 20.7. The summed E-state index contributed by atoms with van der Waals surface area (Å²) in [5.74, 6) is 0. The molecule has 1 aliphatic carbocycles. The van der Waals surface area contributed by atoms with E-state index in [0.29, 0.717) is 0 Å². The monoisotopic (exact) mass is 250 g/mol. The van der Waals surface area contributed by atoms with Crippen LogP contribution in [0.25, 0.3) is 0 Å². The highest BCUT2D eigenvalue weighted by atomic mass is 16.3. The van der Waals surface area contributed by atoms with Crippen LogP contribution in [0.1, 0.15) is 58.3 Å². The van der Waals surface area contributed by atoms with Gasteiger partial charge in [-0.2, -0.15) is 5.26 Å². The maximum atomic E-state index is 11.1. The first-order chi connectivity index (χ1) is 8.66. The molecule has 18 heavy (non-hydrogen) atoms. The molecule has 102 valence electrons. The van der Waals surface area contributed by atoms with Gasteiger partial charge in [0, 0.05) is 6.54 Å². The van der Waals surface area contributed by atoms with Gasteiger partial charge in [0.15, 0.2) is 0 Å². The molecule has 1 N–H and O–H groups in total. The maximum Gasteiger partial charge on any atom is 0.0860 e. The highest BCUT2D eigenvalue weighted by Gasteiger charge is 2.51. The van der Waals surface area contributed by atoms with Gasteiger partial charge in [-0.05, 0) is 45.2 Å². The van der Waals surface area contributed by atoms with Gasteiger partial charge in [0.25, 0.3) is 0 Å². The molecule has 1 atom stereocenters. The Morgan fingerprint density at radius 2 is 1.78 bits per heavy atom. The second-order valence-corrected chi connectivity index (χ2v) is 6.07. The molecule has 0 amide bonds. The summed E-state index contributed by atoms with van der Waals surface area (Å²) in [6.45, 7) is 5.23. The van der Waals surface area contributed by atoms with Crippen LogP contribution in [0.15, 0.2) is 0 Å². The Hall–Kier alpha value is -0.590. The molecule has 0 aromatic heterocycles. The molecule has 0 aromatic rings. The SMILES string of the molecule is CCN1CCCC(O)(C2(C#N)CCCCC2)CC1. The van der Waals surface area contributed by atoms with Crippen LogP contribution in [-0.4, -0.2) is 35.2 Å². The molecular weight excluding hydrogens is 224 g/mol. The molecule has 1 unspecified atom stereocenters. The van der Waals surface area contributed by atoms with E-state index in [2.05, 4.69) is 17.9 Å². The number of rotatable bonds is 2. The van der Waals surface area contributed by atoms with Gasteiger partial charge in [0.2, 0.25) is 0 Å². The van der Waals surface area contributed by atoms with E-state index < -0.39 is 11.0 Å². The van der Waals surface area contributed by atoms with Crippen molar-refractivity contribution in [2.24, 2.45) is 5.41 Å². The summed E-state index contributed by atoms with van der Waals surface area (Å²) in [6.07, 6.45) is 7.82. The summed E-state index contributed by atoms with van der Waals surface area (Å²) in [6, 6.07) is 2.52. The Morgan fingerprint density at radius 3 is 2.39 bits per heavy atom. The van der Waals surface area contributed by atoms with Crippen molar-refractivity contribution in [2.45, 2.75) is 63.9 Å². The third-order valence-corrected chi connectivity index (χ3v) is 5.17. The van der Waals surface area contributed by atoms with Gasteiger partial charge >= 0.3 is 0 Å². The van der Waals surface area contributed by atoms with Crippen LogP contribution in [0.2, 0.25) is 0 Å². The van der Waals surface area contributed by atoms with Crippen molar-refractivity contribution < 1.29 is 5.11 Å². The van der Waals surface area contributed by atoms with Crippen LogP contribution in [0.3, 0.4) is 0 Å². The van der Waals surface area contributed by atoms with E-state index >= 15 is 0 Å². The summed E-state index contributed by atoms with van der Waals surface area (Å²) in [4.78, 5) is 2.39. The standard InChI is InChI=1S/C15H26N2O/c1-2-17-11-6-9-15(18,10-12-17)14(13-16)7-4-3-5-8-14/h18H,2-12H2,1H3. The fourth-order valence-corrected chi connectivity index (χ4v) is 3.81. The molecule has 0 aromatic carbocycles. The van der Waals surface area contributed by atoms with Crippen molar-refractivity contribution >= 4 is 0 Å². The smallest absolute Gasteiger partial charge is 0.0860 e. The average Bonchev–Trinajstić information content (AvgIpc) is 2.62. The molecule has 1 saturated heterocycles. The van der Waals surface area contributed by atoms with Crippen molar-refractivity contribution in [2.75, 3.05) is 19.6 Å². The van der Waals surface area contributed by atoms with Crippen molar-refractivity contribution in [3.63, 3.8) is 0 Å². The number of likely N-dealkylation sites (tertiary alicyclic amines) is 1. The Bertz CT molecular complexity index is 317. The zero-order valence-electron chi connectivity index (χ0n) is 11.6. The van der Waals surface area contributed by atoms with Gasteiger partial charge < -0.3 is 10.0 Å². The molecule has 0 bridgehead atoms. The second kappa shape index (κ2) is 5.59.